The van der Waals surface area contributed by atoms with Gasteiger partial charge in [0.25, 0.3) is 11.6 Å². The first kappa shape index (κ1) is 21.4. The van der Waals surface area contributed by atoms with E-state index in [1.165, 1.54) is 11.6 Å². The lowest BCUT2D eigenvalue weighted by atomic mass is 9.97. The predicted octanol–water partition coefficient (Wildman–Crippen LogP) is 6.26. The molecule has 1 amide bonds. The Morgan fingerprint density at radius 2 is 1.83 bits per heavy atom. The highest BCUT2D eigenvalue weighted by Crippen LogP contribution is 2.40. The normalized spacial score (nSPS) is 17.9. The third kappa shape index (κ3) is 4.82. The van der Waals surface area contributed by atoms with E-state index in [0.29, 0.717) is 29.2 Å². The number of nitrogens with zero attached hydrogens (tertiary/aromatic N) is 1. The molecule has 1 saturated heterocycles. The van der Waals surface area contributed by atoms with E-state index in [-0.39, 0.29) is 11.5 Å². The fourth-order valence-electron chi connectivity index (χ4n) is 3.88. The highest BCUT2D eigenvalue weighted by Gasteiger charge is 2.29. The van der Waals surface area contributed by atoms with Gasteiger partial charge in [-0.25, -0.2) is 0 Å². The largest absolute Gasteiger partial charge is 0.338 e. The number of halogens is 2. The Labute approximate surface area is 173 Å². The Morgan fingerprint density at radius 3 is 2.45 bits per heavy atom. The van der Waals surface area contributed by atoms with E-state index in [2.05, 4.69) is 12.2 Å². The van der Waals surface area contributed by atoms with E-state index in [1.54, 1.807) is 51.7 Å². The van der Waals surface area contributed by atoms with Gasteiger partial charge in [-0.1, -0.05) is 63.9 Å². The molecule has 2 nitrogen and oxygen atoms in total. The zero-order valence-electron chi connectivity index (χ0n) is 16.7. The molecule has 1 aliphatic rings. The van der Waals surface area contributed by atoms with Gasteiger partial charge in [0, 0.05) is 30.1 Å². The molecule has 2 aromatic rings. The maximum Gasteiger partial charge on any atom is 0.284 e. The minimum atomic E-state index is -3.01. The van der Waals surface area contributed by atoms with Gasteiger partial charge < -0.3 is 4.90 Å². The predicted molar refractivity (Wildman–Crippen MR) is 118 cm³/mol. The van der Waals surface area contributed by atoms with Crippen molar-refractivity contribution >= 4 is 15.1 Å². The summed E-state index contributed by atoms with van der Waals surface area (Å²) in [6.45, 7) is 5.44. The standard InChI is InChI=1S/C24H26F2NOP/c1-3-7-17(4-2)20-14-15-27(16-20)23(28)19-12-10-18(11-13-19)21-8-5-6-9-22(21)24(25,26)29/h3-13,20H,14-16,29H2,1-2H3/b7-3-,17-4+. The summed E-state index contributed by atoms with van der Waals surface area (Å²) in [7, 11) is 1.59. The number of carbonyl (C=O) groups is 1. The molecule has 0 radical (unpaired) electrons. The van der Waals surface area contributed by atoms with E-state index in [1.807, 2.05) is 24.8 Å². The molecule has 0 aromatic heterocycles. The van der Waals surface area contributed by atoms with Crippen molar-refractivity contribution in [2.75, 3.05) is 13.1 Å². The van der Waals surface area contributed by atoms with E-state index in [4.69, 9.17) is 0 Å². The fourth-order valence-corrected chi connectivity index (χ4v) is 4.13. The first-order chi connectivity index (χ1) is 13.8. The average molecular weight is 413 g/mol. The number of allylic oxidation sites excluding steroid dienone is 3. The number of amides is 1. The Kier molecular flexibility index (Phi) is 6.64. The highest BCUT2D eigenvalue weighted by atomic mass is 31.0. The van der Waals surface area contributed by atoms with Gasteiger partial charge >= 0.3 is 0 Å². The fraction of sp³-hybridized carbons (Fsp3) is 0.292. The second kappa shape index (κ2) is 9.00. The van der Waals surface area contributed by atoms with Crippen molar-refractivity contribution in [3.8, 4) is 11.1 Å². The SMILES string of the molecule is C/C=C\C(=C/C)C1CCN(C(=O)c2ccc(-c3ccccc3C(F)(F)P)cc2)C1. The summed E-state index contributed by atoms with van der Waals surface area (Å²) in [5, 5.41) is 0. The molecule has 5 heteroatoms. The first-order valence-corrected chi connectivity index (χ1v) is 10.4. The van der Waals surface area contributed by atoms with Crippen molar-refractivity contribution in [2.24, 2.45) is 5.92 Å². The van der Waals surface area contributed by atoms with Crippen LogP contribution >= 0.6 is 9.24 Å². The molecule has 0 aliphatic carbocycles. The Bertz CT molecular complexity index is 929. The second-order valence-corrected chi connectivity index (χ2v) is 8.00. The lowest BCUT2D eigenvalue weighted by Gasteiger charge is -2.18. The van der Waals surface area contributed by atoms with Crippen LogP contribution in [0.25, 0.3) is 11.1 Å². The number of carbonyl (C=O) groups excluding carboxylic acids is 1. The van der Waals surface area contributed by atoms with Gasteiger partial charge in [-0.05, 0) is 49.1 Å². The lowest BCUT2D eigenvalue weighted by molar-refractivity contribution is 0.0789. The van der Waals surface area contributed by atoms with E-state index >= 15 is 0 Å². The molecule has 1 fully saturated rings. The summed E-state index contributed by atoms with van der Waals surface area (Å²) in [4.78, 5) is 14.8. The van der Waals surface area contributed by atoms with Gasteiger partial charge in [0.15, 0.2) is 0 Å². The van der Waals surface area contributed by atoms with Crippen molar-refractivity contribution < 1.29 is 13.6 Å². The zero-order chi connectivity index (χ0) is 21.0. The number of hydrogen-bond acceptors (Lipinski definition) is 1. The number of likely N-dealkylation sites (tertiary alicyclic amines) is 1. The topological polar surface area (TPSA) is 20.3 Å². The zero-order valence-corrected chi connectivity index (χ0v) is 17.9. The third-order valence-electron chi connectivity index (χ3n) is 5.37. The second-order valence-electron chi connectivity index (χ2n) is 7.27. The maximum absolute atomic E-state index is 13.9. The third-order valence-corrected chi connectivity index (χ3v) is 5.68. The number of hydrogen-bond donors (Lipinski definition) is 0. The van der Waals surface area contributed by atoms with E-state index in [0.717, 1.165) is 13.0 Å². The Hall–Kier alpha value is -2.32. The lowest BCUT2D eigenvalue weighted by Crippen LogP contribution is -2.28. The van der Waals surface area contributed by atoms with Crippen LogP contribution in [-0.2, 0) is 5.66 Å². The van der Waals surface area contributed by atoms with Crippen molar-refractivity contribution in [2.45, 2.75) is 25.9 Å². The molecule has 0 bridgehead atoms. The number of rotatable bonds is 5. The summed E-state index contributed by atoms with van der Waals surface area (Å²) in [5.74, 6) is 0.343. The summed E-state index contributed by atoms with van der Waals surface area (Å²) < 4.78 is 27.8. The van der Waals surface area contributed by atoms with Crippen LogP contribution in [0.15, 0.2) is 72.3 Å². The summed E-state index contributed by atoms with van der Waals surface area (Å²) in [5.41, 5.74) is -0.0766. The quantitative estimate of drug-likeness (QED) is 0.418. The van der Waals surface area contributed by atoms with Gasteiger partial charge in [0.2, 0.25) is 0 Å². The molecule has 3 rings (SSSR count). The average Bonchev–Trinajstić information content (AvgIpc) is 3.21. The summed E-state index contributed by atoms with van der Waals surface area (Å²) in [6.07, 6.45) is 7.18. The monoisotopic (exact) mass is 413 g/mol. The van der Waals surface area contributed by atoms with Crippen molar-refractivity contribution in [3.63, 3.8) is 0 Å². The molecule has 0 spiro atoms. The maximum atomic E-state index is 13.9. The molecular weight excluding hydrogens is 387 g/mol. The molecule has 1 heterocycles. The molecular formula is C24H26F2NOP. The van der Waals surface area contributed by atoms with Crippen LogP contribution < -0.4 is 0 Å². The van der Waals surface area contributed by atoms with Crippen molar-refractivity contribution in [1.29, 1.82) is 0 Å². The van der Waals surface area contributed by atoms with Crippen molar-refractivity contribution in [1.82, 2.24) is 4.90 Å². The molecule has 2 aromatic carbocycles. The van der Waals surface area contributed by atoms with Gasteiger partial charge in [-0.15, -0.1) is 0 Å². The van der Waals surface area contributed by atoms with E-state index < -0.39 is 5.66 Å². The Balaban J connectivity index is 1.77. The number of benzene rings is 2. The van der Waals surface area contributed by atoms with Crippen molar-refractivity contribution in [3.05, 3.63) is 83.5 Å². The number of alkyl halides is 2. The molecule has 0 N–H and O–H groups in total. The van der Waals surface area contributed by atoms with E-state index in [9.17, 15) is 13.6 Å². The van der Waals surface area contributed by atoms with Crippen LogP contribution in [0.4, 0.5) is 8.78 Å². The molecule has 152 valence electrons. The smallest absolute Gasteiger partial charge is 0.284 e. The van der Waals surface area contributed by atoms with Crippen LogP contribution in [0.2, 0.25) is 0 Å². The van der Waals surface area contributed by atoms with Gasteiger partial charge in [-0.2, -0.15) is 8.78 Å². The van der Waals surface area contributed by atoms with Gasteiger partial charge in [0.1, 0.15) is 0 Å². The minimum Gasteiger partial charge on any atom is -0.338 e. The highest BCUT2D eigenvalue weighted by molar-refractivity contribution is 7.17. The van der Waals surface area contributed by atoms with Crippen LogP contribution in [-0.4, -0.2) is 23.9 Å². The minimum absolute atomic E-state index is 0.0142. The van der Waals surface area contributed by atoms with Gasteiger partial charge in [0.05, 0.1) is 0 Å². The molecule has 2 atom stereocenters. The molecule has 2 unspecified atom stereocenters. The molecule has 0 saturated carbocycles. The molecule has 29 heavy (non-hydrogen) atoms. The first-order valence-electron chi connectivity index (χ1n) is 9.80. The summed E-state index contributed by atoms with van der Waals surface area (Å²) in [6, 6.07) is 13.4. The van der Waals surface area contributed by atoms with Crippen LogP contribution in [0, 0.1) is 5.92 Å². The van der Waals surface area contributed by atoms with Gasteiger partial charge in [-0.3, -0.25) is 4.79 Å². The van der Waals surface area contributed by atoms with Crippen LogP contribution in [0.1, 0.15) is 36.2 Å². The van der Waals surface area contributed by atoms with Crippen LogP contribution in [0.3, 0.4) is 0 Å². The van der Waals surface area contributed by atoms with Crippen LogP contribution in [0.5, 0.6) is 0 Å². The summed E-state index contributed by atoms with van der Waals surface area (Å²) >= 11 is 0. The Morgan fingerprint density at radius 1 is 1.14 bits per heavy atom. The molecule has 1 aliphatic heterocycles.